The van der Waals surface area contributed by atoms with Crippen LogP contribution in [0.15, 0.2) is 21.8 Å². The molecule has 0 aliphatic carbocycles. The summed E-state index contributed by atoms with van der Waals surface area (Å²) in [6.45, 7) is 0. The number of fused-ring (bicyclic) bond motifs is 1. The van der Waals surface area contributed by atoms with E-state index in [0.717, 1.165) is 0 Å². The maximum Gasteiger partial charge on any atom is 0.356 e. The molecule has 0 saturated carbocycles. The monoisotopic (exact) mass is 257 g/mol. The van der Waals surface area contributed by atoms with Crippen LogP contribution in [0.4, 0.5) is 0 Å². The molecule has 0 radical (unpaired) electrons. The number of imidazole rings is 1. The predicted octanol–water partition coefficient (Wildman–Crippen LogP) is 0.483. The van der Waals surface area contributed by atoms with Crippen molar-refractivity contribution >= 4 is 27.5 Å². The molecule has 2 heterocycles. The van der Waals surface area contributed by atoms with Gasteiger partial charge in [0, 0.05) is 12.4 Å². The van der Waals surface area contributed by atoms with Crippen molar-refractivity contribution in [2.75, 3.05) is 0 Å². The molecule has 0 saturated heterocycles. The minimum atomic E-state index is -1.16. The van der Waals surface area contributed by atoms with Crippen LogP contribution in [0.25, 0.3) is 5.65 Å². The molecule has 0 aliphatic rings. The molecule has 0 aromatic carbocycles. The quantitative estimate of drug-likeness (QED) is 0.778. The molecule has 2 aromatic heterocycles. The van der Waals surface area contributed by atoms with Crippen molar-refractivity contribution in [3.8, 4) is 0 Å². The molecule has 6 nitrogen and oxygen atoms in total. The molecule has 0 aliphatic heterocycles. The highest BCUT2D eigenvalue weighted by molar-refractivity contribution is 9.10. The topological polar surface area (TPSA) is 87.5 Å². The van der Waals surface area contributed by atoms with Crippen molar-refractivity contribution in [1.29, 1.82) is 0 Å². The summed E-state index contributed by atoms with van der Waals surface area (Å²) in [4.78, 5) is 27.9. The van der Waals surface area contributed by atoms with Gasteiger partial charge in [0.25, 0.3) is 5.56 Å². The van der Waals surface area contributed by atoms with Gasteiger partial charge in [-0.05, 0) is 15.9 Å². The number of rotatable bonds is 1. The van der Waals surface area contributed by atoms with Crippen molar-refractivity contribution in [3.63, 3.8) is 0 Å². The fourth-order valence-corrected chi connectivity index (χ4v) is 1.48. The molecule has 0 bridgehead atoms. The highest BCUT2D eigenvalue weighted by Crippen LogP contribution is 2.05. The van der Waals surface area contributed by atoms with E-state index < -0.39 is 11.5 Å². The molecule has 72 valence electrons. The Hall–Kier alpha value is -1.63. The number of carboxylic acids is 1. The van der Waals surface area contributed by atoms with Crippen LogP contribution >= 0.6 is 15.9 Å². The number of halogens is 1. The van der Waals surface area contributed by atoms with E-state index >= 15 is 0 Å². The molecule has 2 N–H and O–H groups in total. The molecule has 2 aromatic rings. The normalized spacial score (nSPS) is 10.6. The van der Waals surface area contributed by atoms with Gasteiger partial charge in [0.2, 0.25) is 5.65 Å². The van der Waals surface area contributed by atoms with Crippen LogP contribution in [-0.2, 0) is 0 Å². The second-order valence-corrected chi connectivity index (χ2v) is 3.45. The van der Waals surface area contributed by atoms with Crippen LogP contribution in [0, 0.1) is 0 Å². The number of hydrogen-bond acceptors (Lipinski definition) is 3. The number of aromatic amines is 1. The Morgan fingerprint density at radius 3 is 2.93 bits per heavy atom. The number of aromatic nitrogens is 3. The van der Waals surface area contributed by atoms with E-state index in [1.54, 1.807) is 0 Å². The van der Waals surface area contributed by atoms with Crippen LogP contribution in [0.2, 0.25) is 0 Å². The van der Waals surface area contributed by atoms with Gasteiger partial charge >= 0.3 is 5.97 Å². The second kappa shape index (κ2) is 2.95. The molecule has 0 unspecified atom stereocenters. The van der Waals surface area contributed by atoms with Crippen molar-refractivity contribution < 1.29 is 9.90 Å². The Morgan fingerprint density at radius 1 is 1.57 bits per heavy atom. The third-order valence-electron chi connectivity index (χ3n) is 1.64. The van der Waals surface area contributed by atoms with Crippen LogP contribution in [-0.4, -0.2) is 25.4 Å². The van der Waals surface area contributed by atoms with E-state index in [9.17, 15) is 9.59 Å². The Bertz CT molecular complexity index is 571. The minimum absolute atomic E-state index is 0.0607. The van der Waals surface area contributed by atoms with Crippen molar-refractivity contribution in [1.82, 2.24) is 14.4 Å². The summed E-state index contributed by atoms with van der Waals surface area (Å²) >= 11 is 3.08. The molecular weight excluding hydrogens is 254 g/mol. The first-order valence-electron chi connectivity index (χ1n) is 3.59. The van der Waals surface area contributed by atoms with Crippen LogP contribution in [0.1, 0.15) is 10.5 Å². The zero-order valence-corrected chi connectivity index (χ0v) is 8.28. The predicted molar refractivity (Wildman–Crippen MR) is 50.5 cm³/mol. The van der Waals surface area contributed by atoms with Gasteiger partial charge in [0.15, 0.2) is 5.69 Å². The number of hydrogen-bond donors (Lipinski definition) is 2. The third-order valence-corrected chi connectivity index (χ3v) is 2.04. The Labute approximate surface area is 85.3 Å². The van der Waals surface area contributed by atoms with E-state index in [-0.39, 0.29) is 11.3 Å². The van der Waals surface area contributed by atoms with Crippen LogP contribution in [0.3, 0.4) is 0 Å². The van der Waals surface area contributed by atoms with Gasteiger partial charge in [-0.25, -0.2) is 9.78 Å². The van der Waals surface area contributed by atoms with Crippen molar-refractivity contribution in [2.24, 2.45) is 0 Å². The standard InChI is InChI=1S/C7H4BrN3O3/c8-4-2-11-1-3(7(13)14)9-5(11)6(12)10-4/h1-2H,(H,10,12)(H,13,14). The molecular formula is C7H4BrN3O3. The maximum absolute atomic E-state index is 11.3. The van der Waals surface area contributed by atoms with Crippen LogP contribution < -0.4 is 5.56 Å². The fourth-order valence-electron chi connectivity index (χ4n) is 1.08. The lowest BCUT2D eigenvalue weighted by Crippen LogP contribution is -2.09. The van der Waals surface area contributed by atoms with E-state index in [1.807, 2.05) is 0 Å². The SMILES string of the molecule is O=C(O)c1cn2cc(Br)[nH]c(=O)c2n1. The summed E-state index contributed by atoms with van der Waals surface area (Å²) in [5.41, 5.74) is -0.536. The lowest BCUT2D eigenvalue weighted by Gasteiger charge is -1.91. The number of aromatic carboxylic acids is 1. The summed E-state index contributed by atoms with van der Waals surface area (Å²) in [5.74, 6) is -1.16. The van der Waals surface area contributed by atoms with Crippen molar-refractivity contribution in [3.05, 3.63) is 33.0 Å². The van der Waals surface area contributed by atoms with E-state index in [1.165, 1.54) is 16.8 Å². The number of nitrogens with one attached hydrogen (secondary N) is 1. The molecule has 0 fully saturated rings. The van der Waals surface area contributed by atoms with Gasteiger partial charge in [-0.2, -0.15) is 0 Å². The van der Waals surface area contributed by atoms with Gasteiger partial charge in [-0.15, -0.1) is 0 Å². The average molecular weight is 258 g/mol. The first-order chi connectivity index (χ1) is 6.58. The van der Waals surface area contributed by atoms with Gasteiger partial charge in [0.05, 0.1) is 0 Å². The molecule has 0 atom stereocenters. The van der Waals surface area contributed by atoms with Gasteiger partial charge < -0.3 is 10.1 Å². The largest absolute Gasteiger partial charge is 0.476 e. The molecule has 14 heavy (non-hydrogen) atoms. The summed E-state index contributed by atoms with van der Waals surface area (Å²) in [7, 11) is 0. The third kappa shape index (κ3) is 1.31. The summed E-state index contributed by atoms with van der Waals surface area (Å²) in [6, 6.07) is 0. The Kier molecular flexibility index (Phi) is 1.88. The van der Waals surface area contributed by atoms with Crippen molar-refractivity contribution in [2.45, 2.75) is 0 Å². The first kappa shape index (κ1) is 8.95. The average Bonchev–Trinajstić information content (AvgIpc) is 2.47. The number of H-pyrrole nitrogens is 1. The second-order valence-electron chi connectivity index (χ2n) is 2.59. The zero-order chi connectivity index (χ0) is 10.3. The maximum atomic E-state index is 11.3. The Balaban J connectivity index is 2.83. The highest BCUT2D eigenvalue weighted by Gasteiger charge is 2.10. The molecule has 2 rings (SSSR count). The van der Waals surface area contributed by atoms with Gasteiger partial charge in [-0.3, -0.25) is 9.20 Å². The number of carboxylic acid groups (broad SMARTS) is 1. The summed E-state index contributed by atoms with van der Waals surface area (Å²) < 4.78 is 1.82. The van der Waals surface area contributed by atoms with Gasteiger partial charge in [-0.1, -0.05) is 0 Å². The van der Waals surface area contributed by atoms with E-state index in [4.69, 9.17) is 5.11 Å². The zero-order valence-electron chi connectivity index (χ0n) is 6.69. The van der Waals surface area contributed by atoms with Crippen LogP contribution in [0.5, 0.6) is 0 Å². The van der Waals surface area contributed by atoms with E-state index in [2.05, 4.69) is 25.9 Å². The number of carbonyl (C=O) groups is 1. The smallest absolute Gasteiger partial charge is 0.356 e. The fraction of sp³-hybridized carbons (Fsp3) is 0. The molecule has 0 amide bonds. The number of nitrogens with zero attached hydrogens (tertiary/aromatic N) is 2. The molecule has 0 spiro atoms. The van der Waals surface area contributed by atoms with E-state index in [0.29, 0.717) is 4.60 Å². The lowest BCUT2D eigenvalue weighted by atomic mass is 10.5. The summed E-state index contributed by atoms with van der Waals surface area (Å²) in [6.07, 6.45) is 2.80. The minimum Gasteiger partial charge on any atom is -0.476 e. The van der Waals surface area contributed by atoms with Gasteiger partial charge in [0.1, 0.15) is 4.60 Å². The molecule has 7 heteroatoms. The summed E-state index contributed by atoms with van der Waals surface area (Å²) in [5, 5.41) is 8.65. The lowest BCUT2D eigenvalue weighted by molar-refractivity contribution is 0.0691. The Morgan fingerprint density at radius 2 is 2.29 bits per heavy atom. The highest BCUT2D eigenvalue weighted by atomic mass is 79.9. The first-order valence-corrected chi connectivity index (χ1v) is 4.38.